The van der Waals surface area contributed by atoms with Crippen molar-refractivity contribution in [2.24, 2.45) is 0 Å². The highest BCUT2D eigenvalue weighted by Crippen LogP contribution is 2.44. The highest BCUT2D eigenvalue weighted by atomic mass is 32.1. The lowest BCUT2D eigenvalue weighted by molar-refractivity contribution is 1.47. The van der Waals surface area contributed by atoms with Gasteiger partial charge in [0.1, 0.15) is 0 Å². The largest absolute Gasteiger partial charge is 0.135 e. The zero-order valence-electron chi connectivity index (χ0n) is 14.6. The van der Waals surface area contributed by atoms with Crippen molar-refractivity contribution in [2.75, 3.05) is 0 Å². The molecule has 0 radical (unpaired) electrons. The molecule has 0 atom stereocenters. The van der Waals surface area contributed by atoms with Gasteiger partial charge in [-0.05, 0) is 35.2 Å². The molecule has 26 heavy (non-hydrogen) atoms. The molecule has 0 aliphatic rings. The third-order valence-corrected chi connectivity index (χ3v) is 6.18. The first kappa shape index (κ1) is 15.4. The van der Waals surface area contributed by atoms with Crippen LogP contribution in [0.2, 0.25) is 0 Å². The number of thiophene rings is 1. The third kappa shape index (κ3) is 2.44. The molecule has 4 aromatic carbocycles. The average molecular weight is 350 g/mol. The topological polar surface area (TPSA) is 0 Å². The second-order valence-corrected chi connectivity index (χ2v) is 7.75. The third-order valence-electron chi connectivity index (χ3n) is 4.97. The first-order chi connectivity index (χ1) is 12.8. The molecule has 0 N–H and O–H groups in total. The van der Waals surface area contributed by atoms with Gasteiger partial charge in [0.2, 0.25) is 0 Å². The Labute approximate surface area is 157 Å². The average Bonchev–Trinajstić information content (AvgIpc) is 3.08. The summed E-state index contributed by atoms with van der Waals surface area (Å²) in [5.41, 5.74) is 6.49. The molecule has 0 nitrogen and oxygen atoms in total. The Bertz CT molecular complexity index is 1210. The Morgan fingerprint density at radius 1 is 0.577 bits per heavy atom. The Balaban J connectivity index is 1.89. The molecular weight excluding hydrogens is 332 g/mol. The molecular formula is C25H18S. The maximum Gasteiger partial charge on any atom is 0.0440 e. The van der Waals surface area contributed by atoms with E-state index in [1.54, 1.807) is 0 Å². The summed E-state index contributed by atoms with van der Waals surface area (Å²) in [6.07, 6.45) is 0. The lowest BCUT2D eigenvalue weighted by Crippen LogP contribution is -1.83. The van der Waals surface area contributed by atoms with Gasteiger partial charge < -0.3 is 0 Å². The highest BCUT2D eigenvalue weighted by molar-refractivity contribution is 7.26. The molecule has 0 saturated carbocycles. The summed E-state index contributed by atoms with van der Waals surface area (Å²) >= 11 is 1.90. The molecule has 5 aromatic rings. The lowest BCUT2D eigenvalue weighted by atomic mass is 9.95. The molecule has 0 saturated heterocycles. The molecule has 0 aliphatic carbocycles. The van der Waals surface area contributed by atoms with Crippen LogP contribution < -0.4 is 0 Å². The Morgan fingerprint density at radius 2 is 1.23 bits per heavy atom. The summed E-state index contributed by atoms with van der Waals surface area (Å²) in [5, 5.41) is 2.72. The van der Waals surface area contributed by atoms with Gasteiger partial charge in [0.15, 0.2) is 0 Å². The zero-order chi connectivity index (χ0) is 17.5. The minimum absolute atomic E-state index is 1.27. The van der Waals surface area contributed by atoms with Gasteiger partial charge >= 0.3 is 0 Å². The second-order valence-electron chi connectivity index (χ2n) is 6.70. The molecule has 0 aliphatic heterocycles. The standard InChI is InChI=1S/C25H18S/c1-17-11-13-19(14-12-17)21-16-15-20(18-7-3-2-4-8-18)24-22-9-5-6-10-23(22)26-25(21)24/h2-16H,1H3. The number of benzene rings is 4. The molecule has 1 aromatic heterocycles. The molecule has 0 fully saturated rings. The predicted octanol–water partition coefficient (Wildman–Crippen LogP) is 7.70. The van der Waals surface area contributed by atoms with E-state index >= 15 is 0 Å². The predicted molar refractivity (Wildman–Crippen MR) is 115 cm³/mol. The first-order valence-electron chi connectivity index (χ1n) is 8.88. The van der Waals surface area contributed by atoms with E-state index in [1.165, 1.54) is 48.0 Å². The van der Waals surface area contributed by atoms with Gasteiger partial charge in [-0.3, -0.25) is 0 Å². The molecule has 0 amide bonds. The molecule has 1 heterocycles. The summed E-state index contributed by atoms with van der Waals surface area (Å²) in [6, 6.07) is 32.9. The van der Waals surface area contributed by atoms with E-state index in [2.05, 4.69) is 97.9 Å². The van der Waals surface area contributed by atoms with Gasteiger partial charge in [0.05, 0.1) is 0 Å². The second kappa shape index (κ2) is 6.12. The van der Waals surface area contributed by atoms with E-state index in [0.29, 0.717) is 0 Å². The molecule has 0 spiro atoms. The molecule has 124 valence electrons. The highest BCUT2D eigenvalue weighted by Gasteiger charge is 2.15. The van der Waals surface area contributed by atoms with Crippen LogP contribution in [-0.4, -0.2) is 0 Å². The Kier molecular flexibility index (Phi) is 3.62. The van der Waals surface area contributed by atoms with Crippen molar-refractivity contribution in [3.63, 3.8) is 0 Å². The van der Waals surface area contributed by atoms with E-state index in [1.807, 2.05) is 11.3 Å². The van der Waals surface area contributed by atoms with Gasteiger partial charge in [-0.1, -0.05) is 90.5 Å². The first-order valence-corrected chi connectivity index (χ1v) is 9.69. The fourth-order valence-corrected chi connectivity index (χ4v) is 4.91. The monoisotopic (exact) mass is 350 g/mol. The van der Waals surface area contributed by atoms with Crippen LogP contribution in [0, 0.1) is 6.92 Å². The van der Waals surface area contributed by atoms with Crippen LogP contribution >= 0.6 is 11.3 Å². The minimum Gasteiger partial charge on any atom is -0.135 e. The number of fused-ring (bicyclic) bond motifs is 3. The van der Waals surface area contributed by atoms with Crippen LogP contribution in [-0.2, 0) is 0 Å². The summed E-state index contributed by atoms with van der Waals surface area (Å²) in [5.74, 6) is 0. The number of hydrogen-bond acceptors (Lipinski definition) is 1. The van der Waals surface area contributed by atoms with Crippen LogP contribution in [0.4, 0.5) is 0 Å². The number of hydrogen-bond donors (Lipinski definition) is 0. The van der Waals surface area contributed by atoms with Crippen LogP contribution in [0.5, 0.6) is 0 Å². The minimum atomic E-state index is 1.27. The number of aryl methyl sites for hydroxylation is 1. The van der Waals surface area contributed by atoms with Gasteiger partial charge in [0, 0.05) is 20.2 Å². The molecule has 0 bridgehead atoms. The van der Waals surface area contributed by atoms with Crippen molar-refractivity contribution < 1.29 is 0 Å². The van der Waals surface area contributed by atoms with Gasteiger partial charge in [-0.2, -0.15) is 0 Å². The Hall–Kier alpha value is -2.90. The van der Waals surface area contributed by atoms with Crippen molar-refractivity contribution in [1.82, 2.24) is 0 Å². The van der Waals surface area contributed by atoms with E-state index in [0.717, 1.165) is 0 Å². The zero-order valence-corrected chi connectivity index (χ0v) is 15.4. The van der Waals surface area contributed by atoms with Crippen LogP contribution in [0.25, 0.3) is 42.4 Å². The van der Waals surface area contributed by atoms with E-state index in [-0.39, 0.29) is 0 Å². The Morgan fingerprint density at radius 3 is 2.04 bits per heavy atom. The summed E-state index contributed by atoms with van der Waals surface area (Å²) in [7, 11) is 0. The summed E-state index contributed by atoms with van der Waals surface area (Å²) in [6.45, 7) is 2.14. The van der Waals surface area contributed by atoms with E-state index < -0.39 is 0 Å². The van der Waals surface area contributed by atoms with Crippen LogP contribution in [0.15, 0.2) is 91.0 Å². The lowest BCUT2D eigenvalue weighted by Gasteiger charge is -2.09. The smallest absolute Gasteiger partial charge is 0.0440 e. The normalized spacial score (nSPS) is 11.3. The van der Waals surface area contributed by atoms with E-state index in [9.17, 15) is 0 Å². The fraction of sp³-hybridized carbons (Fsp3) is 0.0400. The van der Waals surface area contributed by atoms with Crippen molar-refractivity contribution in [3.05, 3.63) is 96.6 Å². The van der Waals surface area contributed by atoms with Gasteiger partial charge in [-0.15, -0.1) is 11.3 Å². The summed E-state index contributed by atoms with van der Waals surface area (Å²) in [4.78, 5) is 0. The summed E-state index contributed by atoms with van der Waals surface area (Å²) < 4.78 is 2.72. The fourth-order valence-electron chi connectivity index (χ4n) is 3.65. The molecule has 1 heteroatoms. The van der Waals surface area contributed by atoms with Gasteiger partial charge in [0.25, 0.3) is 0 Å². The molecule has 5 rings (SSSR count). The maximum atomic E-state index is 2.28. The number of rotatable bonds is 2. The molecule has 0 unspecified atom stereocenters. The van der Waals surface area contributed by atoms with Crippen LogP contribution in [0.3, 0.4) is 0 Å². The van der Waals surface area contributed by atoms with Crippen molar-refractivity contribution >= 4 is 31.5 Å². The SMILES string of the molecule is Cc1ccc(-c2ccc(-c3ccccc3)c3c2sc2ccccc23)cc1. The van der Waals surface area contributed by atoms with E-state index in [4.69, 9.17) is 0 Å². The van der Waals surface area contributed by atoms with Crippen LogP contribution in [0.1, 0.15) is 5.56 Å². The van der Waals surface area contributed by atoms with Crippen molar-refractivity contribution in [2.45, 2.75) is 6.92 Å². The quantitative estimate of drug-likeness (QED) is 0.306. The van der Waals surface area contributed by atoms with Gasteiger partial charge in [-0.25, -0.2) is 0 Å². The maximum absolute atomic E-state index is 2.28. The van der Waals surface area contributed by atoms with Crippen molar-refractivity contribution in [1.29, 1.82) is 0 Å². The van der Waals surface area contributed by atoms with Crippen molar-refractivity contribution in [3.8, 4) is 22.3 Å².